The minimum Gasteiger partial charge on any atom is -0.368 e. The quantitative estimate of drug-likeness (QED) is 0.155. The predicted octanol–water partition coefficient (Wildman–Crippen LogP) is 6.54. The van der Waals surface area contributed by atoms with Crippen LogP contribution in [0.15, 0.2) is 121 Å². The average Bonchev–Trinajstić information content (AvgIpc) is 3.05. The maximum absolute atomic E-state index is 11.8. The molecule has 226 valence electrons. The summed E-state index contributed by atoms with van der Waals surface area (Å²) >= 11 is 0. The Balaban J connectivity index is 1.45. The van der Waals surface area contributed by atoms with Gasteiger partial charge in [-0.15, -0.1) is 0 Å². The molecule has 1 heterocycles. The van der Waals surface area contributed by atoms with E-state index in [0.717, 1.165) is 22.3 Å². The first-order chi connectivity index (χ1) is 21.2. The molecular weight excluding hydrogens is 563 g/mol. The van der Waals surface area contributed by atoms with Crippen molar-refractivity contribution >= 4 is 8.03 Å². The van der Waals surface area contributed by atoms with Crippen LogP contribution in [0.2, 0.25) is 0 Å². The van der Waals surface area contributed by atoms with Gasteiger partial charge in [0, 0.05) is 6.16 Å². The van der Waals surface area contributed by atoms with Gasteiger partial charge in [-0.1, -0.05) is 121 Å². The highest BCUT2D eigenvalue weighted by atomic mass is 31.1. The molecular formula is C35H39O7P. The van der Waals surface area contributed by atoms with Gasteiger partial charge >= 0.3 is 0 Å². The van der Waals surface area contributed by atoms with Crippen molar-refractivity contribution in [3.8, 4) is 0 Å². The molecule has 1 N–H and O–H groups in total. The Morgan fingerprint density at radius 3 is 1.33 bits per heavy atom. The van der Waals surface area contributed by atoms with Crippen molar-refractivity contribution in [2.75, 3.05) is 6.16 Å². The van der Waals surface area contributed by atoms with Crippen LogP contribution in [0.1, 0.15) is 28.7 Å². The number of ether oxygens (including phenoxy) is 5. The molecule has 4 aromatic rings. The first-order valence-electron chi connectivity index (χ1n) is 14.6. The fourth-order valence-corrected chi connectivity index (χ4v) is 5.66. The molecule has 0 aliphatic carbocycles. The molecule has 1 aliphatic heterocycles. The highest BCUT2D eigenvalue weighted by molar-refractivity contribution is 7.37. The lowest BCUT2D eigenvalue weighted by molar-refractivity contribution is -0.325. The van der Waals surface area contributed by atoms with Crippen molar-refractivity contribution in [1.82, 2.24) is 0 Å². The average molecular weight is 603 g/mol. The van der Waals surface area contributed by atoms with Gasteiger partial charge in [-0.25, -0.2) is 0 Å². The molecule has 1 fully saturated rings. The van der Waals surface area contributed by atoms with E-state index in [0.29, 0.717) is 32.8 Å². The summed E-state index contributed by atoms with van der Waals surface area (Å²) in [7, 11) is -2.72. The third kappa shape index (κ3) is 9.68. The highest BCUT2D eigenvalue weighted by Gasteiger charge is 2.48. The molecule has 0 spiro atoms. The van der Waals surface area contributed by atoms with E-state index in [2.05, 4.69) is 0 Å². The molecule has 7 nitrogen and oxygen atoms in total. The SMILES string of the molecule is O=[PH](O)CC[C@H]1OC(OCc2ccccc2)[C@@H](OCc2ccccc2)[C@@H](OCc2ccccc2)[C@@H]1OCc1ccccc1. The van der Waals surface area contributed by atoms with Crippen LogP contribution >= 0.6 is 8.03 Å². The molecule has 43 heavy (non-hydrogen) atoms. The van der Waals surface area contributed by atoms with Gasteiger partial charge in [0.05, 0.1) is 32.5 Å². The molecule has 8 heteroatoms. The second-order valence-electron chi connectivity index (χ2n) is 10.6. The summed E-state index contributed by atoms with van der Waals surface area (Å²) in [6.07, 6.45) is -2.75. The van der Waals surface area contributed by atoms with E-state index in [1.165, 1.54) is 0 Å². The standard InChI is InChI=1S/C35H39O7P/c36-43(37)22-21-31-32(38-23-27-13-5-1-6-14-27)33(39-24-28-15-7-2-8-16-28)34(40-25-29-17-9-3-10-18-29)35(42-31)41-26-30-19-11-4-12-20-30/h1-20,31-35,43H,21-26H2,(H,36,37)/t31-,32-,33+,34+,35?/m1/s1. The van der Waals surface area contributed by atoms with Crippen molar-refractivity contribution < 1.29 is 33.1 Å². The summed E-state index contributed by atoms with van der Waals surface area (Å²) in [6.45, 7) is 1.29. The predicted molar refractivity (Wildman–Crippen MR) is 166 cm³/mol. The van der Waals surface area contributed by atoms with E-state index >= 15 is 0 Å². The van der Waals surface area contributed by atoms with Crippen molar-refractivity contribution in [1.29, 1.82) is 0 Å². The Morgan fingerprint density at radius 1 is 0.535 bits per heavy atom. The van der Waals surface area contributed by atoms with E-state index in [1.54, 1.807) is 0 Å². The lowest BCUT2D eigenvalue weighted by Crippen LogP contribution is -2.60. The Labute approximate surface area is 254 Å². The van der Waals surface area contributed by atoms with Gasteiger partial charge < -0.3 is 28.6 Å². The van der Waals surface area contributed by atoms with Gasteiger partial charge in [-0.2, -0.15) is 0 Å². The van der Waals surface area contributed by atoms with Crippen LogP contribution in [0, 0.1) is 0 Å². The van der Waals surface area contributed by atoms with Crippen molar-refractivity contribution in [2.24, 2.45) is 0 Å². The van der Waals surface area contributed by atoms with Gasteiger partial charge in [0.15, 0.2) is 14.3 Å². The molecule has 4 aromatic carbocycles. The van der Waals surface area contributed by atoms with Crippen LogP contribution in [0.3, 0.4) is 0 Å². The summed E-state index contributed by atoms with van der Waals surface area (Å²) in [5.74, 6) is 0. The van der Waals surface area contributed by atoms with Gasteiger partial charge in [0.25, 0.3) is 0 Å². The minimum atomic E-state index is -2.72. The normalized spacial score (nSPS) is 22.7. The zero-order chi connectivity index (χ0) is 29.7. The van der Waals surface area contributed by atoms with Crippen LogP contribution in [-0.2, 0) is 54.7 Å². The fraction of sp³-hybridized carbons (Fsp3) is 0.314. The minimum absolute atomic E-state index is 0.104. The number of rotatable bonds is 15. The van der Waals surface area contributed by atoms with E-state index in [1.807, 2.05) is 121 Å². The molecule has 0 amide bonds. The number of hydrogen-bond acceptors (Lipinski definition) is 6. The summed E-state index contributed by atoms with van der Waals surface area (Å²) < 4.78 is 44.5. The number of hydrogen-bond donors (Lipinski definition) is 1. The van der Waals surface area contributed by atoms with E-state index in [9.17, 15) is 9.46 Å². The van der Waals surface area contributed by atoms with Gasteiger partial charge in [0.2, 0.25) is 0 Å². The van der Waals surface area contributed by atoms with E-state index < -0.39 is 38.7 Å². The van der Waals surface area contributed by atoms with Crippen molar-refractivity contribution in [2.45, 2.75) is 63.6 Å². The molecule has 0 bridgehead atoms. The van der Waals surface area contributed by atoms with Crippen molar-refractivity contribution in [3.05, 3.63) is 144 Å². The van der Waals surface area contributed by atoms with E-state index in [4.69, 9.17) is 23.7 Å². The lowest BCUT2D eigenvalue weighted by Gasteiger charge is -2.46. The molecule has 2 unspecified atom stereocenters. The third-order valence-corrected chi connectivity index (χ3v) is 8.06. The molecule has 1 saturated heterocycles. The van der Waals surface area contributed by atoms with Gasteiger partial charge in [-0.3, -0.25) is 4.57 Å². The van der Waals surface area contributed by atoms with Crippen LogP contribution in [0.25, 0.3) is 0 Å². The monoisotopic (exact) mass is 602 g/mol. The largest absolute Gasteiger partial charge is 0.368 e. The topological polar surface area (TPSA) is 83.5 Å². The molecule has 0 aromatic heterocycles. The summed E-state index contributed by atoms with van der Waals surface area (Å²) in [5.41, 5.74) is 4.02. The molecule has 5 rings (SSSR count). The Kier molecular flexibility index (Phi) is 12.1. The second kappa shape index (κ2) is 16.6. The fourth-order valence-electron chi connectivity index (χ4n) is 5.13. The second-order valence-corrected chi connectivity index (χ2v) is 11.8. The van der Waals surface area contributed by atoms with Crippen LogP contribution in [0.5, 0.6) is 0 Å². The lowest BCUT2D eigenvalue weighted by atomic mass is 9.96. The maximum Gasteiger partial charge on any atom is 0.189 e. The molecule has 6 atom stereocenters. The van der Waals surface area contributed by atoms with Crippen LogP contribution in [-0.4, -0.2) is 41.8 Å². The zero-order valence-electron chi connectivity index (χ0n) is 24.1. The zero-order valence-corrected chi connectivity index (χ0v) is 25.1. The maximum atomic E-state index is 11.8. The van der Waals surface area contributed by atoms with Crippen molar-refractivity contribution in [3.63, 3.8) is 0 Å². The van der Waals surface area contributed by atoms with E-state index in [-0.39, 0.29) is 6.16 Å². The first-order valence-corrected chi connectivity index (χ1v) is 16.2. The van der Waals surface area contributed by atoms with Crippen LogP contribution in [0.4, 0.5) is 0 Å². The Morgan fingerprint density at radius 2 is 0.907 bits per heavy atom. The Hall–Kier alpha value is -3.13. The molecule has 0 radical (unpaired) electrons. The summed E-state index contributed by atoms with van der Waals surface area (Å²) in [5, 5.41) is 0. The smallest absolute Gasteiger partial charge is 0.189 e. The summed E-state index contributed by atoms with van der Waals surface area (Å²) in [4.78, 5) is 9.74. The third-order valence-electron chi connectivity index (χ3n) is 7.35. The molecule has 1 aliphatic rings. The molecule has 0 saturated carbocycles. The highest BCUT2D eigenvalue weighted by Crippen LogP contribution is 2.34. The first kappa shape index (κ1) is 31.3. The number of benzene rings is 4. The van der Waals surface area contributed by atoms with Gasteiger partial charge in [-0.05, 0) is 28.7 Å². The summed E-state index contributed by atoms with van der Waals surface area (Å²) in [6, 6.07) is 39.6. The van der Waals surface area contributed by atoms with Gasteiger partial charge in [0.1, 0.15) is 18.3 Å². The Bertz CT molecular complexity index is 1360. The van der Waals surface area contributed by atoms with Crippen LogP contribution < -0.4 is 0 Å².